The van der Waals surface area contributed by atoms with Crippen LogP contribution in [0.4, 0.5) is 0 Å². The van der Waals surface area contributed by atoms with Crippen LogP contribution in [0.2, 0.25) is 0 Å². The van der Waals surface area contributed by atoms with Crippen molar-refractivity contribution in [1.82, 2.24) is 0 Å². The van der Waals surface area contributed by atoms with Gasteiger partial charge in [-0.1, -0.05) is 6.92 Å². The summed E-state index contributed by atoms with van der Waals surface area (Å²) in [6.07, 6.45) is 0.151. The third-order valence-electron chi connectivity index (χ3n) is 1.36. The third-order valence-corrected chi connectivity index (χ3v) is 1.36. The Morgan fingerprint density at radius 3 is 2.08 bits per heavy atom. The second kappa shape index (κ2) is 7.13. The maximum absolute atomic E-state index is 9.98. The molecule has 0 aliphatic carbocycles. The molecule has 0 heterocycles. The Bertz CT molecular complexity index is 157. The van der Waals surface area contributed by atoms with E-state index in [0.29, 0.717) is 6.42 Å². The zero-order valence-corrected chi connectivity index (χ0v) is 7.57. The number of hydrogen-bond donors (Lipinski definition) is 0. The summed E-state index contributed by atoms with van der Waals surface area (Å²) in [5, 5.41) is 19.9. The third kappa shape index (κ3) is 9.46. The molecule has 0 saturated heterocycles. The van der Waals surface area contributed by atoms with Gasteiger partial charge >= 0.3 is 17.1 Å². The minimum atomic E-state index is -1.14. The van der Waals surface area contributed by atoms with Crippen molar-refractivity contribution in [3.05, 3.63) is 0 Å². The smallest absolute Gasteiger partial charge is 0.550 e. The summed E-state index contributed by atoms with van der Waals surface area (Å²) in [5.41, 5.74) is 0. The summed E-state index contributed by atoms with van der Waals surface area (Å²) in [4.78, 5) is 19.9. The first-order valence-electron chi connectivity index (χ1n) is 3.42. The van der Waals surface area contributed by atoms with Crippen LogP contribution in [0.1, 0.15) is 26.2 Å². The summed E-state index contributed by atoms with van der Waals surface area (Å²) < 4.78 is 0. The molecule has 4 nitrogen and oxygen atoms in total. The van der Waals surface area contributed by atoms with Gasteiger partial charge < -0.3 is 19.8 Å². The Morgan fingerprint density at radius 2 is 1.75 bits per heavy atom. The maximum atomic E-state index is 9.98. The maximum Gasteiger partial charge on any atom is 2.00 e. The van der Waals surface area contributed by atoms with Gasteiger partial charge in [0.2, 0.25) is 0 Å². The van der Waals surface area contributed by atoms with Crippen molar-refractivity contribution in [2.24, 2.45) is 5.92 Å². The molecule has 5 heteroatoms. The van der Waals surface area contributed by atoms with Crippen molar-refractivity contribution in [1.29, 1.82) is 0 Å². The fourth-order valence-corrected chi connectivity index (χ4v) is 0.751. The van der Waals surface area contributed by atoms with Crippen molar-refractivity contribution in [2.75, 3.05) is 0 Å². The van der Waals surface area contributed by atoms with Gasteiger partial charge in [0, 0.05) is 11.9 Å². The Labute approximate surface area is 81.4 Å². The van der Waals surface area contributed by atoms with Gasteiger partial charge in [0.25, 0.3) is 0 Å². The molecule has 1 unspecified atom stereocenters. The Kier molecular flexibility index (Phi) is 8.32. The number of carbonyl (C=O) groups is 2. The molecule has 1 radical (unpaired) electrons. The predicted octanol–water partition coefficient (Wildman–Crippen LogP) is -1.71. The molecule has 0 saturated carbocycles. The number of rotatable bonds is 5. The second-order valence-electron chi connectivity index (χ2n) is 2.59. The van der Waals surface area contributed by atoms with Gasteiger partial charge in [-0.2, -0.15) is 0 Å². The first-order valence-corrected chi connectivity index (χ1v) is 3.42. The van der Waals surface area contributed by atoms with E-state index in [1.165, 1.54) is 0 Å². The molecule has 0 amide bonds. The van der Waals surface area contributed by atoms with E-state index in [9.17, 15) is 19.8 Å². The minimum absolute atomic E-state index is 0. The van der Waals surface area contributed by atoms with E-state index in [0.717, 1.165) is 0 Å². The van der Waals surface area contributed by atoms with Gasteiger partial charge in [0.15, 0.2) is 0 Å². The normalized spacial score (nSPS) is 11.4. The molecule has 12 heavy (non-hydrogen) atoms. The van der Waals surface area contributed by atoms with E-state index in [2.05, 4.69) is 0 Å². The number of hydrogen-bond acceptors (Lipinski definition) is 4. The summed E-state index contributed by atoms with van der Waals surface area (Å²) in [6, 6.07) is 0. The first kappa shape index (κ1) is 14.0. The molecule has 0 aromatic carbocycles. The standard InChI is InChI=1S/C7H12O4.Cu/c1-5(4-7(10)11)2-3-6(8)9;/h5H,2-4H2,1H3,(H,8,9)(H,10,11);/q;+2/p-2. The van der Waals surface area contributed by atoms with Crippen LogP contribution in [0.3, 0.4) is 0 Å². The van der Waals surface area contributed by atoms with Crippen LogP contribution in [0.25, 0.3) is 0 Å². The van der Waals surface area contributed by atoms with Crippen LogP contribution >= 0.6 is 0 Å². The number of aliphatic carboxylic acids is 2. The average Bonchev–Trinajstić information content (AvgIpc) is 1.82. The molecule has 0 aromatic heterocycles. The number of carboxylic acids is 2. The zero-order valence-electron chi connectivity index (χ0n) is 6.63. The van der Waals surface area contributed by atoms with Crippen LogP contribution < -0.4 is 10.2 Å². The van der Waals surface area contributed by atoms with Gasteiger partial charge in [0.1, 0.15) is 0 Å². The van der Waals surface area contributed by atoms with Crippen molar-refractivity contribution in [3.63, 3.8) is 0 Å². The summed E-state index contributed by atoms with van der Waals surface area (Å²) in [7, 11) is 0. The van der Waals surface area contributed by atoms with Gasteiger partial charge in [0.05, 0.1) is 0 Å². The second-order valence-corrected chi connectivity index (χ2v) is 2.59. The molecular formula is C7H10CuO4. The van der Waals surface area contributed by atoms with E-state index >= 15 is 0 Å². The fourth-order valence-electron chi connectivity index (χ4n) is 0.751. The molecular weight excluding hydrogens is 212 g/mol. The van der Waals surface area contributed by atoms with E-state index in [1.54, 1.807) is 6.92 Å². The molecule has 1 atom stereocenters. The van der Waals surface area contributed by atoms with Crippen molar-refractivity contribution >= 4 is 11.9 Å². The first-order chi connectivity index (χ1) is 5.02. The van der Waals surface area contributed by atoms with E-state index in [1.807, 2.05) is 0 Å². The summed E-state index contributed by atoms with van der Waals surface area (Å²) in [6.45, 7) is 1.67. The quantitative estimate of drug-likeness (QED) is 0.518. The molecule has 0 aliphatic rings. The molecule has 0 N–H and O–H groups in total. The predicted molar refractivity (Wildman–Crippen MR) is 33.0 cm³/mol. The number of carboxylic acid groups (broad SMARTS) is 2. The van der Waals surface area contributed by atoms with E-state index in [4.69, 9.17) is 0 Å². The molecule has 0 rings (SSSR count). The molecule has 0 aliphatic heterocycles. The summed E-state index contributed by atoms with van der Waals surface area (Å²) in [5.74, 6) is -2.44. The zero-order chi connectivity index (χ0) is 8.85. The SMILES string of the molecule is CC(CCC(=O)[O-])CC(=O)[O-].[Cu+2]. The molecule has 0 spiro atoms. The molecule has 0 aromatic rings. The molecule has 0 fully saturated rings. The largest absolute Gasteiger partial charge is 2.00 e. The van der Waals surface area contributed by atoms with Crippen molar-refractivity contribution in [2.45, 2.75) is 26.2 Å². The van der Waals surface area contributed by atoms with Crippen molar-refractivity contribution < 1.29 is 36.9 Å². The van der Waals surface area contributed by atoms with Gasteiger partial charge in [-0.25, -0.2) is 0 Å². The average molecular weight is 222 g/mol. The minimum Gasteiger partial charge on any atom is -0.550 e. The topological polar surface area (TPSA) is 80.3 Å². The summed E-state index contributed by atoms with van der Waals surface area (Å²) >= 11 is 0. The van der Waals surface area contributed by atoms with Gasteiger partial charge in [-0.3, -0.25) is 0 Å². The van der Waals surface area contributed by atoms with Crippen LogP contribution in [-0.4, -0.2) is 11.9 Å². The molecule has 73 valence electrons. The van der Waals surface area contributed by atoms with Crippen LogP contribution in [0, 0.1) is 5.92 Å². The number of carbonyl (C=O) groups excluding carboxylic acids is 2. The van der Waals surface area contributed by atoms with Gasteiger partial charge in [-0.15, -0.1) is 0 Å². The van der Waals surface area contributed by atoms with Crippen molar-refractivity contribution in [3.8, 4) is 0 Å². The van der Waals surface area contributed by atoms with Crippen LogP contribution in [-0.2, 0) is 26.7 Å². The fraction of sp³-hybridized carbons (Fsp3) is 0.714. The Morgan fingerprint density at radius 1 is 1.25 bits per heavy atom. The van der Waals surface area contributed by atoms with Gasteiger partial charge in [-0.05, 0) is 25.2 Å². The van der Waals surface area contributed by atoms with Crippen LogP contribution in [0.15, 0.2) is 0 Å². The Balaban J connectivity index is 0. The monoisotopic (exact) mass is 221 g/mol. The Hall–Kier alpha value is -0.541. The van der Waals surface area contributed by atoms with Crippen LogP contribution in [0.5, 0.6) is 0 Å². The van der Waals surface area contributed by atoms with E-state index in [-0.39, 0.29) is 35.8 Å². The molecule has 0 bridgehead atoms. The van der Waals surface area contributed by atoms with E-state index < -0.39 is 11.9 Å².